The van der Waals surface area contributed by atoms with Crippen LogP contribution in [-0.2, 0) is 0 Å². The van der Waals surface area contributed by atoms with Crippen molar-refractivity contribution < 1.29 is 0 Å². The van der Waals surface area contributed by atoms with Crippen molar-refractivity contribution >= 4 is 37.4 Å². The van der Waals surface area contributed by atoms with Gasteiger partial charge in [0.2, 0.25) is 0 Å². The van der Waals surface area contributed by atoms with Gasteiger partial charge in [-0.1, -0.05) is 25.5 Å². The zero-order valence-corrected chi connectivity index (χ0v) is 15.6. The Bertz CT molecular complexity index is 720. The van der Waals surface area contributed by atoms with Gasteiger partial charge in [0.15, 0.2) is 0 Å². The van der Waals surface area contributed by atoms with Gasteiger partial charge in [0.1, 0.15) is 11.5 Å². The van der Waals surface area contributed by atoms with E-state index in [-0.39, 0.29) is 0 Å². The van der Waals surface area contributed by atoms with Crippen LogP contribution in [0, 0.1) is 0 Å². The summed E-state index contributed by atoms with van der Waals surface area (Å²) in [6.45, 7) is 6.79. The minimum atomic E-state index is 0.683. The Labute approximate surface area is 154 Å². The Kier molecular flexibility index (Phi) is 6.69. The molecule has 0 atom stereocenters. The third-order valence-electron chi connectivity index (χ3n) is 3.43. The van der Waals surface area contributed by atoms with Crippen molar-refractivity contribution in [1.29, 1.82) is 0 Å². The summed E-state index contributed by atoms with van der Waals surface area (Å²) in [7, 11) is 1.84. The number of thiol groups is 2. The Morgan fingerprint density at radius 1 is 1.50 bits per heavy atom. The number of allylic oxidation sites excluding steroid dienone is 2. The summed E-state index contributed by atoms with van der Waals surface area (Å²) in [4.78, 5) is 13.6. The molecule has 1 aromatic rings. The molecule has 1 aromatic heterocycles. The largest absolute Gasteiger partial charge is 0.372 e. The first-order valence-electron chi connectivity index (χ1n) is 7.47. The fraction of sp³-hybridized carbons (Fsp3) is 0.235. The lowest BCUT2D eigenvalue weighted by atomic mass is 10.1. The second kappa shape index (κ2) is 8.75. The van der Waals surface area contributed by atoms with E-state index in [1.165, 1.54) is 0 Å². The molecule has 0 saturated heterocycles. The highest BCUT2D eigenvalue weighted by atomic mass is 32.1. The number of aromatic nitrogens is 1. The van der Waals surface area contributed by atoms with Crippen LogP contribution < -0.4 is 5.32 Å². The smallest absolute Gasteiger partial charge is 0.138 e. The lowest BCUT2D eigenvalue weighted by Gasteiger charge is -2.28. The van der Waals surface area contributed by atoms with Gasteiger partial charge in [0.25, 0.3) is 0 Å². The fourth-order valence-corrected chi connectivity index (χ4v) is 2.52. The van der Waals surface area contributed by atoms with E-state index in [0.717, 1.165) is 41.3 Å². The molecule has 1 aliphatic heterocycles. The summed E-state index contributed by atoms with van der Waals surface area (Å²) in [5.41, 5.74) is 3.46. The number of rotatable bonds is 5. The zero-order valence-electron chi connectivity index (χ0n) is 13.8. The molecule has 0 saturated carbocycles. The SMILES string of the molecule is C=C1CCN(S)C(NC)=C1N=C(C)/C(S)=C/N=Cc1cccnc1. The number of hydrogen-bond acceptors (Lipinski definition) is 7. The molecule has 2 heterocycles. The van der Waals surface area contributed by atoms with E-state index in [1.54, 1.807) is 24.8 Å². The van der Waals surface area contributed by atoms with Crippen molar-refractivity contribution in [3.63, 3.8) is 0 Å². The first-order chi connectivity index (χ1) is 11.5. The minimum Gasteiger partial charge on any atom is -0.372 e. The number of hydrogen-bond donors (Lipinski definition) is 3. The zero-order chi connectivity index (χ0) is 17.5. The molecule has 24 heavy (non-hydrogen) atoms. The Morgan fingerprint density at radius 3 is 2.96 bits per heavy atom. The molecule has 0 spiro atoms. The van der Waals surface area contributed by atoms with Crippen LogP contribution in [0.1, 0.15) is 18.9 Å². The maximum atomic E-state index is 4.66. The lowest BCUT2D eigenvalue weighted by molar-refractivity contribution is 0.511. The monoisotopic (exact) mass is 359 g/mol. The number of pyridine rings is 1. The Balaban J connectivity index is 2.21. The van der Waals surface area contributed by atoms with Gasteiger partial charge in [0.05, 0.1) is 5.71 Å². The van der Waals surface area contributed by atoms with Crippen LogP contribution in [0.15, 0.2) is 69.3 Å². The molecule has 5 nitrogen and oxygen atoms in total. The van der Waals surface area contributed by atoms with E-state index in [2.05, 4.69) is 52.3 Å². The molecule has 126 valence electrons. The summed E-state index contributed by atoms with van der Waals surface area (Å²) in [5, 5.41) is 3.12. The summed E-state index contributed by atoms with van der Waals surface area (Å²) >= 11 is 8.92. The molecule has 0 radical (unpaired) electrons. The molecular weight excluding hydrogens is 338 g/mol. The molecule has 0 bridgehead atoms. The molecular formula is C17H21N5S2. The molecule has 0 aliphatic carbocycles. The molecule has 0 unspecified atom stereocenters. The summed E-state index contributed by atoms with van der Waals surface area (Å²) in [6, 6.07) is 3.80. The fourth-order valence-electron chi connectivity index (χ4n) is 2.10. The van der Waals surface area contributed by atoms with E-state index in [9.17, 15) is 0 Å². The van der Waals surface area contributed by atoms with Gasteiger partial charge in [-0.2, -0.15) is 0 Å². The topological polar surface area (TPSA) is 52.9 Å². The van der Waals surface area contributed by atoms with E-state index in [1.807, 2.05) is 30.4 Å². The van der Waals surface area contributed by atoms with Crippen LogP contribution in [0.3, 0.4) is 0 Å². The summed E-state index contributed by atoms with van der Waals surface area (Å²) in [5.74, 6) is 0.842. The maximum absolute atomic E-state index is 4.66. The molecule has 0 fully saturated rings. The van der Waals surface area contributed by atoms with Crippen LogP contribution in [0.2, 0.25) is 0 Å². The van der Waals surface area contributed by atoms with Gasteiger partial charge in [-0.3, -0.25) is 9.98 Å². The summed E-state index contributed by atoms with van der Waals surface area (Å²) in [6.07, 6.45) is 7.69. The number of nitrogens with zero attached hydrogens (tertiary/aromatic N) is 4. The predicted octanol–water partition coefficient (Wildman–Crippen LogP) is 3.23. The van der Waals surface area contributed by atoms with Crippen molar-refractivity contribution in [1.82, 2.24) is 14.6 Å². The first kappa shape index (κ1) is 18.4. The van der Waals surface area contributed by atoms with Crippen LogP contribution in [0.5, 0.6) is 0 Å². The van der Waals surface area contributed by atoms with E-state index >= 15 is 0 Å². The van der Waals surface area contributed by atoms with Crippen LogP contribution in [0.25, 0.3) is 0 Å². The molecule has 7 heteroatoms. The average Bonchev–Trinajstić information content (AvgIpc) is 2.59. The normalized spacial score (nSPS) is 17.0. The molecule has 2 rings (SSSR count). The van der Waals surface area contributed by atoms with E-state index in [4.69, 9.17) is 0 Å². The molecule has 1 aliphatic rings. The van der Waals surface area contributed by atoms with Crippen molar-refractivity contribution in [3.05, 3.63) is 64.9 Å². The van der Waals surface area contributed by atoms with Gasteiger partial charge < -0.3 is 9.62 Å². The quantitative estimate of drug-likeness (QED) is 0.559. The number of aliphatic imine (C=N–C) groups is 2. The van der Waals surface area contributed by atoms with Crippen molar-refractivity contribution in [2.75, 3.05) is 13.6 Å². The molecule has 1 N–H and O–H groups in total. The Hall–Kier alpha value is -1.99. The highest BCUT2D eigenvalue weighted by Gasteiger charge is 2.20. The van der Waals surface area contributed by atoms with Gasteiger partial charge in [-0.15, -0.1) is 12.6 Å². The van der Waals surface area contributed by atoms with E-state index in [0.29, 0.717) is 4.91 Å². The highest BCUT2D eigenvalue weighted by molar-refractivity contribution is 7.85. The lowest BCUT2D eigenvalue weighted by Crippen LogP contribution is -2.29. The van der Waals surface area contributed by atoms with Crippen molar-refractivity contribution in [3.8, 4) is 0 Å². The molecule has 0 aromatic carbocycles. The third kappa shape index (κ3) is 4.75. The van der Waals surface area contributed by atoms with Crippen LogP contribution >= 0.6 is 25.4 Å². The number of nitrogens with one attached hydrogen (secondary N) is 1. The second-order valence-corrected chi connectivity index (χ2v) is 6.16. The van der Waals surface area contributed by atoms with Gasteiger partial charge in [0, 0.05) is 48.9 Å². The highest BCUT2D eigenvalue weighted by Crippen LogP contribution is 2.27. The standard InChI is InChI=1S/C17H21N5S2/c1-12-6-8-22(24)17(18-3)16(12)21-13(2)15(23)11-20-10-14-5-4-7-19-9-14/h4-5,7,9-11,18,23-24H,1,6,8H2,2-3H3/b15-11-,20-10?,21-13?. The van der Waals surface area contributed by atoms with Crippen molar-refractivity contribution in [2.24, 2.45) is 9.98 Å². The van der Waals surface area contributed by atoms with E-state index < -0.39 is 0 Å². The third-order valence-corrected chi connectivity index (χ3v) is 4.27. The first-order valence-corrected chi connectivity index (χ1v) is 8.32. The second-order valence-electron chi connectivity index (χ2n) is 5.20. The van der Waals surface area contributed by atoms with Gasteiger partial charge >= 0.3 is 0 Å². The van der Waals surface area contributed by atoms with Crippen LogP contribution in [0.4, 0.5) is 0 Å². The van der Waals surface area contributed by atoms with Gasteiger partial charge in [-0.25, -0.2) is 4.99 Å². The predicted molar refractivity (Wildman–Crippen MR) is 108 cm³/mol. The average molecular weight is 360 g/mol. The maximum Gasteiger partial charge on any atom is 0.138 e. The summed E-state index contributed by atoms with van der Waals surface area (Å²) < 4.78 is 1.84. The molecule has 0 amide bonds. The van der Waals surface area contributed by atoms with Gasteiger partial charge in [-0.05, 0) is 25.0 Å². The Morgan fingerprint density at radius 2 is 2.29 bits per heavy atom. The van der Waals surface area contributed by atoms with Crippen molar-refractivity contribution in [2.45, 2.75) is 13.3 Å². The van der Waals surface area contributed by atoms with Crippen LogP contribution in [-0.4, -0.2) is 34.8 Å². The minimum absolute atomic E-state index is 0.683.